The first kappa shape index (κ1) is 13.3. The normalized spacial score (nSPS) is 10.3. The summed E-state index contributed by atoms with van der Waals surface area (Å²) in [7, 11) is 0. The molecule has 93 valence electrons. The molecule has 1 radical (unpaired) electrons. The Labute approximate surface area is 117 Å². The molecule has 0 fully saturated rings. The molecular weight excluding hydrogens is 264 g/mol. The molecule has 0 amide bonds. The number of rotatable bonds is 6. The minimum absolute atomic E-state index is 0.613. The van der Waals surface area contributed by atoms with Crippen molar-refractivity contribution in [1.29, 1.82) is 0 Å². The van der Waals surface area contributed by atoms with Gasteiger partial charge in [-0.1, -0.05) is 29.8 Å². The minimum atomic E-state index is 0.613. The molecule has 0 aliphatic rings. The fourth-order valence-corrected chi connectivity index (χ4v) is 2.29. The van der Waals surface area contributed by atoms with Gasteiger partial charge in [-0.3, -0.25) is 0 Å². The van der Waals surface area contributed by atoms with Crippen LogP contribution in [0.15, 0.2) is 59.5 Å². The van der Waals surface area contributed by atoms with Crippen LogP contribution in [0.5, 0.6) is 5.75 Å². The smallest absolute Gasteiger partial charge is 0.119 e. The lowest BCUT2D eigenvalue weighted by Gasteiger charge is -2.05. The summed E-state index contributed by atoms with van der Waals surface area (Å²) >= 11 is 7.60. The molecule has 0 N–H and O–H groups in total. The molecule has 0 aromatic heterocycles. The predicted octanol–water partition coefficient (Wildman–Crippen LogP) is 4.72. The van der Waals surface area contributed by atoms with Gasteiger partial charge in [-0.15, -0.1) is 11.8 Å². The second-order valence-electron chi connectivity index (χ2n) is 3.68. The molecule has 0 aliphatic heterocycles. The maximum absolute atomic E-state index is 5.80. The van der Waals surface area contributed by atoms with Crippen molar-refractivity contribution in [2.24, 2.45) is 0 Å². The fourth-order valence-electron chi connectivity index (χ4n) is 1.41. The van der Waals surface area contributed by atoms with Gasteiger partial charge in [-0.2, -0.15) is 0 Å². The van der Waals surface area contributed by atoms with Crippen LogP contribution in [0.3, 0.4) is 0 Å². The van der Waals surface area contributed by atoms with Gasteiger partial charge in [-0.25, -0.2) is 0 Å². The average molecular weight is 278 g/mol. The first-order valence-corrected chi connectivity index (χ1v) is 7.09. The van der Waals surface area contributed by atoms with Crippen LogP contribution in [0.25, 0.3) is 0 Å². The van der Waals surface area contributed by atoms with Crippen molar-refractivity contribution < 1.29 is 4.74 Å². The van der Waals surface area contributed by atoms with Gasteiger partial charge < -0.3 is 4.74 Å². The Morgan fingerprint density at radius 1 is 1.00 bits per heavy atom. The van der Waals surface area contributed by atoms with E-state index in [9.17, 15) is 0 Å². The molecule has 18 heavy (non-hydrogen) atoms. The van der Waals surface area contributed by atoms with Crippen molar-refractivity contribution in [2.45, 2.75) is 4.90 Å². The second-order valence-corrected chi connectivity index (χ2v) is 5.21. The van der Waals surface area contributed by atoms with Crippen molar-refractivity contribution in [2.75, 3.05) is 12.4 Å². The first-order valence-electron chi connectivity index (χ1n) is 5.72. The SMILES string of the molecule is Clc1ccc(OC[CH]CSc2ccccc2)cc1. The lowest BCUT2D eigenvalue weighted by molar-refractivity contribution is 0.350. The molecule has 2 aromatic rings. The van der Waals surface area contributed by atoms with Crippen molar-refractivity contribution in [1.82, 2.24) is 0 Å². The zero-order chi connectivity index (χ0) is 12.6. The van der Waals surface area contributed by atoms with Crippen LogP contribution < -0.4 is 4.74 Å². The zero-order valence-electron chi connectivity index (χ0n) is 9.88. The predicted molar refractivity (Wildman–Crippen MR) is 78.4 cm³/mol. The maximum Gasteiger partial charge on any atom is 0.119 e. The standard InChI is InChI=1S/C15H14ClOS/c16-13-7-9-14(10-8-13)17-11-4-12-18-15-5-2-1-3-6-15/h1-10H,11-12H2. The fraction of sp³-hybridized carbons (Fsp3) is 0.133. The van der Waals surface area contributed by atoms with E-state index < -0.39 is 0 Å². The van der Waals surface area contributed by atoms with Gasteiger partial charge in [-0.05, 0) is 36.4 Å². The van der Waals surface area contributed by atoms with Crippen LogP contribution >= 0.6 is 23.4 Å². The molecule has 1 nitrogen and oxygen atoms in total. The second kappa shape index (κ2) is 7.34. The number of hydrogen-bond acceptors (Lipinski definition) is 2. The molecule has 0 spiro atoms. The monoisotopic (exact) mass is 277 g/mol. The lowest BCUT2D eigenvalue weighted by Crippen LogP contribution is -1.99. The lowest BCUT2D eigenvalue weighted by atomic mass is 10.3. The third kappa shape index (κ3) is 4.63. The minimum Gasteiger partial charge on any atom is -0.493 e. The van der Waals surface area contributed by atoms with E-state index in [-0.39, 0.29) is 0 Å². The highest BCUT2D eigenvalue weighted by Gasteiger charge is 1.96. The number of thioether (sulfide) groups is 1. The Hall–Kier alpha value is -1.12. The van der Waals surface area contributed by atoms with Crippen molar-refractivity contribution >= 4 is 23.4 Å². The van der Waals surface area contributed by atoms with Gasteiger partial charge in [0.05, 0.1) is 6.61 Å². The molecule has 2 rings (SSSR count). The van der Waals surface area contributed by atoms with Gasteiger partial charge in [0.2, 0.25) is 0 Å². The van der Waals surface area contributed by atoms with Crippen LogP contribution in [-0.2, 0) is 0 Å². The van der Waals surface area contributed by atoms with Crippen LogP contribution in [-0.4, -0.2) is 12.4 Å². The largest absolute Gasteiger partial charge is 0.493 e. The van der Waals surface area contributed by atoms with Crippen LogP contribution in [0.1, 0.15) is 0 Å². The highest BCUT2D eigenvalue weighted by molar-refractivity contribution is 7.99. The van der Waals surface area contributed by atoms with E-state index in [0.29, 0.717) is 6.61 Å². The van der Waals surface area contributed by atoms with E-state index in [4.69, 9.17) is 16.3 Å². The summed E-state index contributed by atoms with van der Waals surface area (Å²) < 4.78 is 5.57. The number of ether oxygens (including phenoxy) is 1. The number of benzene rings is 2. The van der Waals surface area contributed by atoms with Gasteiger partial charge in [0, 0.05) is 22.1 Å². The summed E-state index contributed by atoms with van der Waals surface area (Å²) in [6, 6.07) is 17.7. The summed E-state index contributed by atoms with van der Waals surface area (Å²) in [6.45, 7) is 0.613. The summed E-state index contributed by atoms with van der Waals surface area (Å²) in [5.41, 5.74) is 0. The molecule has 0 heterocycles. The van der Waals surface area contributed by atoms with Crippen LogP contribution in [0.2, 0.25) is 5.02 Å². The molecule has 3 heteroatoms. The van der Waals surface area contributed by atoms with Crippen molar-refractivity contribution in [3.63, 3.8) is 0 Å². The Morgan fingerprint density at radius 3 is 2.44 bits per heavy atom. The molecule has 0 bridgehead atoms. The topological polar surface area (TPSA) is 9.23 Å². The van der Waals surface area contributed by atoms with Gasteiger partial charge >= 0.3 is 0 Å². The molecule has 0 saturated carbocycles. The first-order chi connectivity index (χ1) is 8.84. The molecule has 0 aliphatic carbocycles. The average Bonchev–Trinajstić information content (AvgIpc) is 2.42. The third-order valence-corrected chi connectivity index (χ3v) is 3.55. The van der Waals surface area contributed by atoms with Gasteiger partial charge in [0.25, 0.3) is 0 Å². The van der Waals surface area contributed by atoms with E-state index in [1.807, 2.05) is 42.5 Å². The van der Waals surface area contributed by atoms with Gasteiger partial charge in [0.15, 0.2) is 0 Å². The third-order valence-electron chi connectivity index (χ3n) is 2.29. The van der Waals surface area contributed by atoms with E-state index in [2.05, 4.69) is 18.6 Å². The quantitative estimate of drug-likeness (QED) is 0.558. The van der Waals surface area contributed by atoms with Crippen LogP contribution in [0.4, 0.5) is 0 Å². The highest BCUT2D eigenvalue weighted by Crippen LogP contribution is 2.18. The Kier molecular flexibility index (Phi) is 5.43. The van der Waals surface area contributed by atoms with E-state index in [1.165, 1.54) is 4.90 Å². The van der Waals surface area contributed by atoms with Crippen LogP contribution in [0, 0.1) is 6.42 Å². The summed E-state index contributed by atoms with van der Waals surface area (Å²) in [6.07, 6.45) is 2.12. The number of hydrogen-bond donors (Lipinski definition) is 0. The molecule has 0 unspecified atom stereocenters. The summed E-state index contributed by atoms with van der Waals surface area (Å²) in [5, 5.41) is 0.728. The Balaban J connectivity index is 1.63. The van der Waals surface area contributed by atoms with E-state index >= 15 is 0 Å². The molecule has 0 atom stereocenters. The summed E-state index contributed by atoms with van der Waals surface area (Å²) in [5.74, 6) is 1.79. The molecule has 2 aromatic carbocycles. The van der Waals surface area contributed by atoms with Crippen molar-refractivity contribution in [3.8, 4) is 5.75 Å². The van der Waals surface area contributed by atoms with Gasteiger partial charge in [0.1, 0.15) is 5.75 Å². The highest BCUT2D eigenvalue weighted by atomic mass is 35.5. The van der Waals surface area contributed by atoms with E-state index in [0.717, 1.165) is 16.5 Å². The zero-order valence-corrected chi connectivity index (χ0v) is 11.5. The summed E-state index contributed by atoms with van der Waals surface area (Å²) in [4.78, 5) is 1.28. The molecular formula is C15H14ClOS. The Morgan fingerprint density at radius 2 is 1.72 bits per heavy atom. The number of halogens is 1. The molecule has 0 saturated heterocycles. The Bertz CT molecular complexity index is 456. The van der Waals surface area contributed by atoms with E-state index in [1.54, 1.807) is 11.8 Å². The van der Waals surface area contributed by atoms with Crippen molar-refractivity contribution in [3.05, 3.63) is 66.0 Å². The maximum atomic E-state index is 5.80.